The lowest BCUT2D eigenvalue weighted by Gasteiger charge is -2.11. The van der Waals surface area contributed by atoms with Crippen LogP contribution in [0, 0.1) is 4.77 Å². The largest absolute Gasteiger partial charge is 0.352 e. The summed E-state index contributed by atoms with van der Waals surface area (Å²) in [6.07, 6.45) is 0.572. The molecule has 146 valence electrons. The third-order valence-electron chi connectivity index (χ3n) is 4.71. The van der Waals surface area contributed by atoms with Gasteiger partial charge < -0.3 is 9.88 Å². The first-order valence-corrected chi connectivity index (χ1v) is 9.86. The molecule has 0 unspecified atom stereocenters. The number of halogens is 1. The maximum Gasteiger partial charge on any atom is 0.252 e. The Bertz CT molecular complexity index is 1250. The van der Waals surface area contributed by atoms with Crippen LogP contribution in [0.2, 0.25) is 5.02 Å². The van der Waals surface area contributed by atoms with E-state index in [0.717, 1.165) is 28.0 Å². The maximum atomic E-state index is 13.0. The molecule has 0 fully saturated rings. The van der Waals surface area contributed by atoms with Crippen LogP contribution in [0.25, 0.3) is 22.2 Å². The van der Waals surface area contributed by atoms with E-state index in [1.54, 1.807) is 4.57 Å². The Morgan fingerprint density at radius 3 is 2.69 bits per heavy atom. The van der Waals surface area contributed by atoms with E-state index in [1.807, 2.05) is 61.6 Å². The van der Waals surface area contributed by atoms with Crippen LogP contribution in [0.1, 0.15) is 16.2 Å². The number of benzene rings is 2. The Morgan fingerprint density at radius 1 is 1.21 bits per heavy atom. The van der Waals surface area contributed by atoms with Crippen LogP contribution in [0.4, 0.5) is 0 Å². The lowest BCUT2D eigenvalue weighted by Crippen LogP contribution is -2.26. The standard InChI is InChI=1S/C21H18ClN5OS/c1-27-19(25-26-21(27)29)10-11-23-20(28)16-12-18(13-6-8-14(22)9-7-13)24-17-5-3-2-4-15(16)17/h2-9,12H,10-11H2,1H3,(H,23,28)(H,26,29). The summed E-state index contributed by atoms with van der Waals surface area (Å²) in [6, 6.07) is 16.8. The predicted molar refractivity (Wildman–Crippen MR) is 117 cm³/mol. The molecule has 8 heteroatoms. The van der Waals surface area contributed by atoms with Crippen molar-refractivity contribution in [2.75, 3.05) is 6.54 Å². The van der Waals surface area contributed by atoms with Gasteiger partial charge in [-0.3, -0.25) is 9.89 Å². The van der Waals surface area contributed by atoms with Crippen LogP contribution in [0.3, 0.4) is 0 Å². The molecule has 0 radical (unpaired) electrons. The van der Waals surface area contributed by atoms with E-state index >= 15 is 0 Å². The average molecular weight is 424 g/mol. The van der Waals surface area contributed by atoms with Gasteiger partial charge in [-0.05, 0) is 36.5 Å². The van der Waals surface area contributed by atoms with Gasteiger partial charge in [0, 0.05) is 36.0 Å². The zero-order valence-corrected chi connectivity index (χ0v) is 17.2. The molecule has 0 aliphatic rings. The van der Waals surface area contributed by atoms with Crippen molar-refractivity contribution in [3.8, 4) is 11.3 Å². The molecular weight excluding hydrogens is 406 g/mol. The van der Waals surface area contributed by atoms with Crippen LogP contribution in [-0.4, -0.2) is 32.2 Å². The van der Waals surface area contributed by atoms with Crippen molar-refractivity contribution in [2.45, 2.75) is 6.42 Å². The van der Waals surface area contributed by atoms with E-state index in [9.17, 15) is 4.79 Å². The van der Waals surface area contributed by atoms with Gasteiger partial charge in [0.1, 0.15) is 5.82 Å². The minimum absolute atomic E-state index is 0.157. The molecule has 2 aromatic heterocycles. The van der Waals surface area contributed by atoms with Crippen molar-refractivity contribution >= 4 is 40.6 Å². The van der Waals surface area contributed by atoms with E-state index in [1.165, 1.54) is 0 Å². The molecule has 0 aliphatic carbocycles. The lowest BCUT2D eigenvalue weighted by atomic mass is 10.0. The first kappa shape index (κ1) is 19.3. The number of nitrogens with one attached hydrogen (secondary N) is 2. The van der Waals surface area contributed by atoms with Crippen LogP contribution in [-0.2, 0) is 13.5 Å². The van der Waals surface area contributed by atoms with Gasteiger partial charge in [-0.25, -0.2) is 4.98 Å². The number of nitrogens with zero attached hydrogens (tertiary/aromatic N) is 3. The van der Waals surface area contributed by atoms with Crippen molar-refractivity contribution in [3.63, 3.8) is 0 Å². The van der Waals surface area contributed by atoms with Gasteiger partial charge in [0.2, 0.25) is 0 Å². The summed E-state index contributed by atoms with van der Waals surface area (Å²) in [5.74, 6) is 0.632. The lowest BCUT2D eigenvalue weighted by molar-refractivity contribution is 0.0955. The highest BCUT2D eigenvalue weighted by molar-refractivity contribution is 7.71. The molecule has 0 saturated carbocycles. The third-order valence-corrected chi connectivity index (χ3v) is 5.32. The molecule has 0 saturated heterocycles. The van der Waals surface area contributed by atoms with Gasteiger partial charge in [-0.1, -0.05) is 41.9 Å². The van der Waals surface area contributed by atoms with Gasteiger partial charge in [0.15, 0.2) is 4.77 Å². The Morgan fingerprint density at radius 2 is 1.97 bits per heavy atom. The summed E-state index contributed by atoms with van der Waals surface area (Å²) in [4.78, 5) is 17.7. The molecule has 0 aliphatic heterocycles. The maximum absolute atomic E-state index is 13.0. The number of para-hydroxylation sites is 1. The fourth-order valence-electron chi connectivity index (χ4n) is 3.12. The van der Waals surface area contributed by atoms with Crippen LogP contribution < -0.4 is 5.32 Å². The fourth-order valence-corrected chi connectivity index (χ4v) is 3.40. The molecule has 4 aromatic rings. The number of rotatable bonds is 5. The van der Waals surface area contributed by atoms with Crippen LogP contribution >= 0.6 is 23.8 Å². The molecule has 1 amide bonds. The van der Waals surface area contributed by atoms with E-state index < -0.39 is 0 Å². The molecule has 4 rings (SSSR count). The quantitative estimate of drug-likeness (QED) is 0.469. The number of aromatic amines is 1. The Kier molecular flexibility index (Phi) is 5.42. The second kappa shape index (κ2) is 8.14. The topological polar surface area (TPSA) is 75.6 Å². The van der Waals surface area contributed by atoms with Gasteiger partial charge in [-0.2, -0.15) is 5.10 Å². The molecule has 0 bridgehead atoms. The SMILES string of the molecule is Cn1c(CCNC(=O)c2cc(-c3ccc(Cl)cc3)nc3ccccc23)n[nH]c1=S. The summed E-state index contributed by atoms with van der Waals surface area (Å²) >= 11 is 11.1. The van der Waals surface area contributed by atoms with Gasteiger partial charge >= 0.3 is 0 Å². The second-order valence-corrected chi connectivity index (χ2v) is 7.41. The Labute approximate surface area is 177 Å². The molecule has 0 spiro atoms. The number of fused-ring (bicyclic) bond motifs is 1. The molecule has 2 N–H and O–H groups in total. The molecule has 0 atom stereocenters. The molecule has 6 nitrogen and oxygen atoms in total. The van der Waals surface area contributed by atoms with E-state index in [0.29, 0.717) is 28.3 Å². The van der Waals surface area contributed by atoms with Crippen molar-refractivity contribution < 1.29 is 4.79 Å². The normalized spacial score (nSPS) is 11.0. The van der Waals surface area contributed by atoms with Gasteiger partial charge in [0.25, 0.3) is 5.91 Å². The van der Waals surface area contributed by atoms with Crippen molar-refractivity contribution in [2.24, 2.45) is 7.05 Å². The van der Waals surface area contributed by atoms with E-state index in [-0.39, 0.29) is 5.91 Å². The number of hydrogen-bond acceptors (Lipinski definition) is 4. The van der Waals surface area contributed by atoms with E-state index in [4.69, 9.17) is 28.8 Å². The highest BCUT2D eigenvalue weighted by Crippen LogP contribution is 2.26. The first-order chi connectivity index (χ1) is 14.0. The smallest absolute Gasteiger partial charge is 0.252 e. The summed E-state index contributed by atoms with van der Waals surface area (Å²) < 4.78 is 2.35. The third kappa shape index (κ3) is 4.06. The number of amides is 1. The summed E-state index contributed by atoms with van der Waals surface area (Å²) in [5, 5.41) is 11.4. The first-order valence-electron chi connectivity index (χ1n) is 9.07. The summed E-state index contributed by atoms with van der Waals surface area (Å²) in [6.45, 7) is 0.444. The molecule has 29 heavy (non-hydrogen) atoms. The van der Waals surface area contributed by atoms with Crippen LogP contribution in [0.15, 0.2) is 54.6 Å². The number of hydrogen-bond donors (Lipinski definition) is 2. The molecule has 2 aromatic carbocycles. The molecular formula is C21H18ClN5OS. The number of carbonyl (C=O) groups is 1. The second-order valence-electron chi connectivity index (χ2n) is 6.59. The van der Waals surface area contributed by atoms with E-state index in [2.05, 4.69) is 15.5 Å². The number of carbonyl (C=O) groups excluding carboxylic acids is 1. The highest BCUT2D eigenvalue weighted by Gasteiger charge is 2.14. The fraction of sp³-hybridized carbons (Fsp3) is 0.143. The zero-order valence-electron chi connectivity index (χ0n) is 15.6. The van der Waals surface area contributed by atoms with Crippen molar-refractivity contribution in [1.82, 2.24) is 25.1 Å². The van der Waals surface area contributed by atoms with Crippen molar-refractivity contribution in [1.29, 1.82) is 0 Å². The number of pyridine rings is 1. The Hall–Kier alpha value is -3.03. The predicted octanol–water partition coefficient (Wildman–Crippen LogP) is 4.32. The highest BCUT2D eigenvalue weighted by atomic mass is 35.5. The number of aromatic nitrogens is 4. The Balaban J connectivity index is 1.62. The van der Waals surface area contributed by atoms with Gasteiger partial charge in [0.05, 0.1) is 16.8 Å². The summed E-state index contributed by atoms with van der Waals surface area (Å²) in [5.41, 5.74) is 2.96. The van der Waals surface area contributed by atoms with Gasteiger partial charge in [-0.15, -0.1) is 0 Å². The minimum Gasteiger partial charge on any atom is -0.352 e. The summed E-state index contributed by atoms with van der Waals surface area (Å²) in [7, 11) is 1.84. The zero-order chi connectivity index (χ0) is 20.4. The van der Waals surface area contributed by atoms with Crippen molar-refractivity contribution in [3.05, 3.63) is 75.8 Å². The monoisotopic (exact) mass is 423 g/mol. The van der Waals surface area contributed by atoms with Crippen LogP contribution in [0.5, 0.6) is 0 Å². The average Bonchev–Trinajstić information content (AvgIpc) is 3.05. The number of H-pyrrole nitrogens is 1. The molecule has 2 heterocycles. The minimum atomic E-state index is -0.157.